The number of hydrogen-bond donors (Lipinski definition) is 1. The summed E-state index contributed by atoms with van der Waals surface area (Å²) in [5.41, 5.74) is 4.88. The topological polar surface area (TPSA) is 20.7 Å². The molecule has 2 heterocycles. The standard InChI is InChI=1S/C17H14N2/c1-19-11-14(13-7-3-5-9-17(13)19)16-10-12-6-2-4-8-15(12)18-16/h2-11,18H,1H3. The van der Waals surface area contributed by atoms with Gasteiger partial charge in [-0.15, -0.1) is 0 Å². The lowest BCUT2D eigenvalue weighted by atomic mass is 10.1. The van der Waals surface area contributed by atoms with E-state index >= 15 is 0 Å². The lowest BCUT2D eigenvalue weighted by Crippen LogP contribution is -1.81. The first-order valence-corrected chi connectivity index (χ1v) is 6.45. The Morgan fingerprint density at radius 3 is 2.63 bits per heavy atom. The highest BCUT2D eigenvalue weighted by molar-refractivity contribution is 5.98. The van der Waals surface area contributed by atoms with Crippen molar-refractivity contribution in [1.82, 2.24) is 9.55 Å². The van der Waals surface area contributed by atoms with E-state index in [1.807, 2.05) is 0 Å². The number of nitrogens with zero attached hydrogens (tertiary/aromatic N) is 1. The molecular weight excluding hydrogens is 232 g/mol. The fourth-order valence-electron chi connectivity index (χ4n) is 2.77. The van der Waals surface area contributed by atoms with Crippen LogP contribution in [0, 0.1) is 0 Å². The SMILES string of the molecule is Cn1cc(-c2cc3ccccc3[nH]2)c2ccccc21. The Kier molecular flexibility index (Phi) is 2.06. The summed E-state index contributed by atoms with van der Waals surface area (Å²) in [6.07, 6.45) is 2.19. The lowest BCUT2D eigenvalue weighted by molar-refractivity contribution is 0.970. The van der Waals surface area contributed by atoms with Crippen LogP contribution in [0.2, 0.25) is 0 Å². The number of para-hydroxylation sites is 2. The van der Waals surface area contributed by atoms with Gasteiger partial charge in [-0.3, -0.25) is 0 Å². The van der Waals surface area contributed by atoms with Gasteiger partial charge in [0.25, 0.3) is 0 Å². The van der Waals surface area contributed by atoms with Gasteiger partial charge >= 0.3 is 0 Å². The normalized spacial score (nSPS) is 11.4. The Morgan fingerprint density at radius 2 is 1.74 bits per heavy atom. The quantitative estimate of drug-likeness (QED) is 0.516. The molecule has 0 aliphatic rings. The zero-order chi connectivity index (χ0) is 12.8. The van der Waals surface area contributed by atoms with Crippen LogP contribution in [0.3, 0.4) is 0 Å². The third kappa shape index (κ3) is 1.50. The van der Waals surface area contributed by atoms with E-state index in [0.717, 1.165) is 0 Å². The van der Waals surface area contributed by atoms with E-state index in [9.17, 15) is 0 Å². The lowest BCUT2D eigenvalue weighted by Gasteiger charge is -1.94. The molecule has 2 aromatic heterocycles. The van der Waals surface area contributed by atoms with Crippen molar-refractivity contribution in [2.45, 2.75) is 0 Å². The van der Waals surface area contributed by atoms with E-state index in [4.69, 9.17) is 0 Å². The highest BCUT2D eigenvalue weighted by Crippen LogP contribution is 2.31. The fraction of sp³-hybridized carbons (Fsp3) is 0.0588. The van der Waals surface area contributed by atoms with Gasteiger partial charge in [0, 0.05) is 46.3 Å². The van der Waals surface area contributed by atoms with E-state index < -0.39 is 0 Å². The molecule has 4 rings (SSSR count). The summed E-state index contributed by atoms with van der Waals surface area (Å²) in [6, 6.07) is 19.1. The van der Waals surface area contributed by atoms with Crippen LogP contribution in [0.15, 0.2) is 60.8 Å². The molecule has 0 unspecified atom stereocenters. The van der Waals surface area contributed by atoms with E-state index in [1.165, 1.54) is 33.1 Å². The van der Waals surface area contributed by atoms with Gasteiger partial charge in [-0.1, -0.05) is 36.4 Å². The van der Waals surface area contributed by atoms with Crippen LogP contribution in [0.1, 0.15) is 0 Å². The van der Waals surface area contributed by atoms with Crippen molar-refractivity contribution in [1.29, 1.82) is 0 Å². The number of aromatic nitrogens is 2. The maximum Gasteiger partial charge on any atom is 0.0486 e. The van der Waals surface area contributed by atoms with Crippen molar-refractivity contribution in [2.75, 3.05) is 0 Å². The molecule has 0 radical (unpaired) electrons. The average Bonchev–Trinajstić information content (AvgIpc) is 3.01. The first kappa shape index (κ1) is 10.4. The summed E-state index contributed by atoms with van der Waals surface area (Å²) in [4.78, 5) is 3.50. The monoisotopic (exact) mass is 246 g/mol. The molecule has 0 aliphatic heterocycles. The molecule has 0 saturated heterocycles. The first-order valence-electron chi connectivity index (χ1n) is 6.45. The molecule has 19 heavy (non-hydrogen) atoms. The first-order chi connectivity index (χ1) is 9.33. The number of aryl methyl sites for hydroxylation is 1. The number of rotatable bonds is 1. The molecule has 2 aromatic carbocycles. The van der Waals surface area contributed by atoms with E-state index in [2.05, 4.69) is 77.4 Å². The smallest absolute Gasteiger partial charge is 0.0486 e. The van der Waals surface area contributed by atoms with Crippen molar-refractivity contribution in [2.24, 2.45) is 7.05 Å². The van der Waals surface area contributed by atoms with Gasteiger partial charge in [0.2, 0.25) is 0 Å². The van der Waals surface area contributed by atoms with Crippen LogP contribution in [0.5, 0.6) is 0 Å². The minimum atomic E-state index is 1.18. The molecule has 0 aliphatic carbocycles. The number of benzene rings is 2. The zero-order valence-corrected chi connectivity index (χ0v) is 10.7. The molecule has 92 valence electrons. The van der Waals surface area contributed by atoms with Gasteiger partial charge in [-0.25, -0.2) is 0 Å². The summed E-state index contributed by atoms with van der Waals surface area (Å²) >= 11 is 0. The summed E-state index contributed by atoms with van der Waals surface area (Å²) < 4.78 is 2.18. The summed E-state index contributed by atoms with van der Waals surface area (Å²) in [6.45, 7) is 0. The van der Waals surface area contributed by atoms with E-state index in [-0.39, 0.29) is 0 Å². The van der Waals surface area contributed by atoms with Gasteiger partial charge < -0.3 is 9.55 Å². The minimum absolute atomic E-state index is 1.18. The molecule has 2 nitrogen and oxygen atoms in total. The largest absolute Gasteiger partial charge is 0.354 e. The number of hydrogen-bond acceptors (Lipinski definition) is 0. The number of aromatic amines is 1. The molecule has 2 heteroatoms. The van der Waals surface area contributed by atoms with Crippen LogP contribution < -0.4 is 0 Å². The van der Waals surface area contributed by atoms with Gasteiger partial charge in [0.1, 0.15) is 0 Å². The van der Waals surface area contributed by atoms with Gasteiger partial charge in [0.05, 0.1) is 0 Å². The summed E-state index contributed by atoms with van der Waals surface area (Å²) in [5.74, 6) is 0. The van der Waals surface area contributed by atoms with Crippen molar-refractivity contribution >= 4 is 21.8 Å². The second-order valence-electron chi connectivity index (χ2n) is 4.94. The molecule has 0 saturated carbocycles. The number of H-pyrrole nitrogens is 1. The summed E-state index contributed by atoms with van der Waals surface area (Å²) in [7, 11) is 2.09. The predicted molar refractivity (Wildman–Crippen MR) is 80.2 cm³/mol. The van der Waals surface area contributed by atoms with Gasteiger partial charge in [-0.2, -0.15) is 0 Å². The van der Waals surface area contributed by atoms with E-state index in [0.29, 0.717) is 0 Å². The molecule has 0 spiro atoms. The van der Waals surface area contributed by atoms with Crippen molar-refractivity contribution < 1.29 is 0 Å². The third-order valence-electron chi connectivity index (χ3n) is 3.72. The molecular formula is C17H14N2. The molecule has 4 aromatic rings. The van der Waals surface area contributed by atoms with Gasteiger partial charge in [0.15, 0.2) is 0 Å². The van der Waals surface area contributed by atoms with Crippen LogP contribution in [-0.2, 0) is 7.05 Å². The molecule has 0 fully saturated rings. The van der Waals surface area contributed by atoms with Crippen LogP contribution in [-0.4, -0.2) is 9.55 Å². The van der Waals surface area contributed by atoms with Crippen molar-refractivity contribution in [3.05, 3.63) is 60.8 Å². The van der Waals surface area contributed by atoms with Crippen LogP contribution in [0.25, 0.3) is 33.1 Å². The maximum atomic E-state index is 3.50. The second-order valence-corrected chi connectivity index (χ2v) is 4.94. The molecule has 0 amide bonds. The minimum Gasteiger partial charge on any atom is -0.354 e. The predicted octanol–water partition coefficient (Wildman–Crippen LogP) is 4.33. The Balaban J connectivity index is 2.04. The molecule has 0 bridgehead atoms. The third-order valence-corrected chi connectivity index (χ3v) is 3.72. The molecule has 1 N–H and O–H groups in total. The van der Waals surface area contributed by atoms with Crippen molar-refractivity contribution in [3.8, 4) is 11.3 Å². The Morgan fingerprint density at radius 1 is 0.947 bits per heavy atom. The second kappa shape index (κ2) is 3.75. The Labute approximate surface area is 111 Å². The Bertz CT molecular complexity index is 847. The van der Waals surface area contributed by atoms with Crippen LogP contribution >= 0.6 is 0 Å². The fourth-order valence-corrected chi connectivity index (χ4v) is 2.77. The van der Waals surface area contributed by atoms with Gasteiger partial charge in [-0.05, 0) is 18.2 Å². The van der Waals surface area contributed by atoms with Crippen LogP contribution in [0.4, 0.5) is 0 Å². The number of fused-ring (bicyclic) bond motifs is 2. The molecule has 0 atom stereocenters. The number of nitrogens with one attached hydrogen (secondary N) is 1. The summed E-state index contributed by atoms with van der Waals surface area (Å²) in [5, 5.41) is 2.54. The van der Waals surface area contributed by atoms with Crippen molar-refractivity contribution in [3.63, 3.8) is 0 Å². The highest BCUT2D eigenvalue weighted by atomic mass is 14.9. The highest BCUT2D eigenvalue weighted by Gasteiger charge is 2.10. The zero-order valence-electron chi connectivity index (χ0n) is 10.7. The Hall–Kier alpha value is -2.48. The average molecular weight is 246 g/mol. The van der Waals surface area contributed by atoms with E-state index in [1.54, 1.807) is 0 Å². The maximum absolute atomic E-state index is 3.50.